The van der Waals surface area contributed by atoms with Gasteiger partial charge in [-0.05, 0) is 54.8 Å². The molecule has 2 N–H and O–H groups in total. The molecule has 0 bridgehead atoms. The van der Waals surface area contributed by atoms with E-state index in [1.54, 1.807) is 12.1 Å². The minimum absolute atomic E-state index is 0.0233. The van der Waals surface area contributed by atoms with Crippen molar-refractivity contribution in [3.05, 3.63) is 63.9 Å². The third-order valence-corrected chi connectivity index (χ3v) is 3.82. The van der Waals surface area contributed by atoms with Crippen molar-refractivity contribution >= 4 is 17.6 Å². The highest BCUT2D eigenvalue weighted by Crippen LogP contribution is 2.25. The van der Waals surface area contributed by atoms with Crippen molar-refractivity contribution in [3.8, 4) is 5.75 Å². The quantitative estimate of drug-likeness (QED) is 0.813. The van der Waals surface area contributed by atoms with Crippen molar-refractivity contribution in [1.29, 1.82) is 0 Å². The molecule has 2 rings (SSSR count). The van der Waals surface area contributed by atoms with E-state index in [1.165, 1.54) is 12.1 Å². The monoisotopic (exact) mass is 336 g/mol. The molecular formula is C17H18ClFN2O2. The summed E-state index contributed by atoms with van der Waals surface area (Å²) < 4.78 is 18.5. The number of nitrogens with one attached hydrogen (secondary N) is 2. The van der Waals surface area contributed by atoms with Crippen molar-refractivity contribution in [2.24, 2.45) is 0 Å². The molecule has 0 heterocycles. The number of halogens is 2. The summed E-state index contributed by atoms with van der Waals surface area (Å²) in [5.41, 5.74) is 2.51. The summed E-state index contributed by atoms with van der Waals surface area (Å²) in [6.45, 7) is 4.04. The fourth-order valence-corrected chi connectivity index (χ4v) is 2.18. The summed E-state index contributed by atoms with van der Waals surface area (Å²) in [7, 11) is 0. The fourth-order valence-electron chi connectivity index (χ4n) is 2.07. The Morgan fingerprint density at radius 1 is 1.17 bits per heavy atom. The number of ether oxygens (including phenoxy) is 1. The molecule has 0 spiro atoms. The Hall–Kier alpha value is -2.27. The third-order valence-electron chi connectivity index (χ3n) is 3.22. The highest BCUT2D eigenvalue weighted by atomic mass is 35.5. The summed E-state index contributed by atoms with van der Waals surface area (Å²) in [6.07, 6.45) is 0. The van der Waals surface area contributed by atoms with Crippen LogP contribution in [0.4, 0.5) is 9.18 Å². The van der Waals surface area contributed by atoms with Gasteiger partial charge < -0.3 is 15.4 Å². The SMILES string of the molecule is Cc1cc(OCNC(=O)NCc2cccc(F)c2)cc(C)c1Cl. The average Bonchev–Trinajstić information content (AvgIpc) is 2.50. The number of rotatable bonds is 5. The lowest BCUT2D eigenvalue weighted by Crippen LogP contribution is -2.37. The largest absolute Gasteiger partial charge is 0.473 e. The molecule has 0 saturated heterocycles. The van der Waals surface area contributed by atoms with Crippen LogP contribution in [0.25, 0.3) is 0 Å². The van der Waals surface area contributed by atoms with Gasteiger partial charge in [0.2, 0.25) is 0 Å². The van der Waals surface area contributed by atoms with Crippen LogP contribution in [0.5, 0.6) is 5.75 Å². The second kappa shape index (κ2) is 7.83. The van der Waals surface area contributed by atoms with Crippen molar-refractivity contribution in [3.63, 3.8) is 0 Å². The van der Waals surface area contributed by atoms with Crippen LogP contribution in [0.15, 0.2) is 36.4 Å². The van der Waals surface area contributed by atoms with E-state index >= 15 is 0 Å². The summed E-state index contributed by atoms with van der Waals surface area (Å²) in [5, 5.41) is 5.90. The van der Waals surface area contributed by atoms with Gasteiger partial charge in [0.25, 0.3) is 0 Å². The third kappa shape index (κ3) is 5.14. The molecule has 0 aliphatic heterocycles. The summed E-state index contributed by atoms with van der Waals surface area (Å²) in [5.74, 6) is 0.302. The molecule has 2 aromatic carbocycles. The van der Waals surface area contributed by atoms with Gasteiger partial charge in [-0.1, -0.05) is 23.7 Å². The number of hydrogen-bond donors (Lipinski definition) is 2. The maximum Gasteiger partial charge on any atom is 0.317 e. The van der Waals surface area contributed by atoms with Gasteiger partial charge in [-0.25, -0.2) is 9.18 Å². The Morgan fingerprint density at radius 3 is 2.52 bits per heavy atom. The molecule has 2 amide bonds. The summed E-state index contributed by atoms with van der Waals surface area (Å²) >= 11 is 6.08. The number of aryl methyl sites for hydroxylation is 2. The lowest BCUT2D eigenvalue weighted by Gasteiger charge is -2.11. The Kier molecular flexibility index (Phi) is 5.82. The summed E-state index contributed by atoms with van der Waals surface area (Å²) in [6, 6.07) is 9.28. The Morgan fingerprint density at radius 2 is 1.87 bits per heavy atom. The normalized spacial score (nSPS) is 10.3. The molecule has 2 aromatic rings. The molecule has 0 aliphatic carbocycles. The zero-order chi connectivity index (χ0) is 16.8. The first-order chi connectivity index (χ1) is 11.0. The van der Waals surface area contributed by atoms with Crippen molar-refractivity contribution in [2.45, 2.75) is 20.4 Å². The van der Waals surface area contributed by atoms with E-state index in [1.807, 2.05) is 26.0 Å². The smallest absolute Gasteiger partial charge is 0.317 e. The van der Waals surface area contributed by atoms with Crippen LogP contribution >= 0.6 is 11.6 Å². The summed E-state index contributed by atoms with van der Waals surface area (Å²) in [4.78, 5) is 11.7. The van der Waals surface area contributed by atoms with Crippen molar-refractivity contribution in [1.82, 2.24) is 10.6 Å². The van der Waals surface area contributed by atoms with Crippen LogP contribution in [0.1, 0.15) is 16.7 Å². The Balaban J connectivity index is 1.77. The molecule has 0 aliphatic rings. The zero-order valence-corrected chi connectivity index (χ0v) is 13.7. The fraction of sp³-hybridized carbons (Fsp3) is 0.235. The number of amides is 2. The number of benzene rings is 2. The first-order valence-electron chi connectivity index (χ1n) is 7.11. The molecular weight excluding hydrogens is 319 g/mol. The molecule has 0 unspecified atom stereocenters. The lowest BCUT2D eigenvalue weighted by molar-refractivity contribution is 0.223. The van der Waals surface area contributed by atoms with Crippen LogP contribution in [0.3, 0.4) is 0 Å². The predicted molar refractivity (Wildman–Crippen MR) is 88.2 cm³/mol. The first kappa shape index (κ1) is 17.1. The minimum Gasteiger partial charge on any atom is -0.473 e. The molecule has 23 heavy (non-hydrogen) atoms. The highest BCUT2D eigenvalue weighted by molar-refractivity contribution is 6.32. The van der Waals surface area contributed by atoms with Gasteiger partial charge in [0.05, 0.1) is 0 Å². The number of carbonyl (C=O) groups is 1. The number of hydrogen-bond acceptors (Lipinski definition) is 2. The predicted octanol–water partition coefficient (Wildman–Crippen LogP) is 3.93. The second-order valence-corrected chi connectivity index (χ2v) is 5.53. The number of urea groups is 1. The molecule has 0 radical (unpaired) electrons. The highest BCUT2D eigenvalue weighted by Gasteiger charge is 2.05. The maximum atomic E-state index is 13.0. The van der Waals surface area contributed by atoms with E-state index < -0.39 is 6.03 Å². The minimum atomic E-state index is -0.392. The van der Waals surface area contributed by atoms with Gasteiger partial charge in [-0.3, -0.25) is 0 Å². The average molecular weight is 337 g/mol. The van der Waals surface area contributed by atoms with Crippen LogP contribution in [0.2, 0.25) is 5.02 Å². The molecule has 4 nitrogen and oxygen atoms in total. The van der Waals surface area contributed by atoms with E-state index in [2.05, 4.69) is 10.6 Å². The first-order valence-corrected chi connectivity index (χ1v) is 7.49. The van der Waals surface area contributed by atoms with Crippen LogP contribution < -0.4 is 15.4 Å². The maximum absolute atomic E-state index is 13.0. The van der Waals surface area contributed by atoms with E-state index in [0.717, 1.165) is 11.1 Å². The van der Waals surface area contributed by atoms with E-state index in [-0.39, 0.29) is 19.1 Å². The molecule has 6 heteroatoms. The van der Waals surface area contributed by atoms with Crippen LogP contribution in [-0.2, 0) is 6.54 Å². The Labute approximate surface area is 139 Å². The standard InChI is InChI=1S/C17H18ClFN2O2/c1-11-6-15(7-12(2)16(11)18)23-10-21-17(22)20-9-13-4-3-5-14(19)8-13/h3-8H,9-10H2,1-2H3,(H2,20,21,22). The molecule has 0 saturated carbocycles. The van der Waals surface area contributed by atoms with Gasteiger partial charge in [-0.15, -0.1) is 0 Å². The van der Waals surface area contributed by atoms with E-state index in [0.29, 0.717) is 16.3 Å². The van der Waals surface area contributed by atoms with Gasteiger partial charge in [0.15, 0.2) is 6.73 Å². The van der Waals surface area contributed by atoms with Crippen LogP contribution in [0, 0.1) is 19.7 Å². The van der Waals surface area contributed by atoms with Gasteiger partial charge in [-0.2, -0.15) is 0 Å². The van der Waals surface area contributed by atoms with Crippen LogP contribution in [-0.4, -0.2) is 12.8 Å². The zero-order valence-electron chi connectivity index (χ0n) is 13.0. The Bertz CT molecular complexity index is 684. The second-order valence-electron chi connectivity index (χ2n) is 5.15. The molecule has 0 atom stereocenters. The molecule has 0 aromatic heterocycles. The topological polar surface area (TPSA) is 50.4 Å². The lowest BCUT2D eigenvalue weighted by atomic mass is 10.1. The van der Waals surface area contributed by atoms with E-state index in [9.17, 15) is 9.18 Å². The van der Waals surface area contributed by atoms with E-state index in [4.69, 9.17) is 16.3 Å². The number of carbonyl (C=O) groups excluding carboxylic acids is 1. The van der Waals surface area contributed by atoms with Crippen molar-refractivity contribution in [2.75, 3.05) is 6.73 Å². The van der Waals surface area contributed by atoms with Gasteiger partial charge in [0, 0.05) is 11.6 Å². The van der Waals surface area contributed by atoms with Gasteiger partial charge >= 0.3 is 6.03 Å². The van der Waals surface area contributed by atoms with Gasteiger partial charge in [0.1, 0.15) is 11.6 Å². The molecule has 122 valence electrons. The van der Waals surface area contributed by atoms with Crippen molar-refractivity contribution < 1.29 is 13.9 Å². The molecule has 0 fully saturated rings.